The van der Waals surface area contributed by atoms with Gasteiger partial charge in [-0.05, 0) is 73.5 Å². The Bertz CT molecular complexity index is 613. The van der Waals surface area contributed by atoms with Crippen molar-refractivity contribution in [3.63, 3.8) is 0 Å². The summed E-state index contributed by atoms with van der Waals surface area (Å²) in [6, 6.07) is 0.181. The maximum absolute atomic E-state index is 12.1. The number of nitrogens with one attached hydrogen (secondary N) is 2. The van der Waals surface area contributed by atoms with Crippen LogP contribution in [0.3, 0.4) is 0 Å². The molecule has 3 fully saturated rings. The van der Waals surface area contributed by atoms with Crippen LogP contribution >= 0.6 is 0 Å². The van der Waals surface area contributed by atoms with Crippen molar-refractivity contribution in [3.05, 3.63) is 29.1 Å². The Morgan fingerprint density at radius 1 is 1.17 bits per heavy atom. The van der Waals surface area contributed by atoms with Gasteiger partial charge in [-0.25, -0.2) is 5.43 Å². The topological polar surface area (TPSA) is 80.0 Å². The molecule has 5 heteroatoms. The van der Waals surface area contributed by atoms with Crippen LogP contribution in [-0.2, 0) is 4.79 Å². The van der Waals surface area contributed by atoms with Gasteiger partial charge in [0.1, 0.15) is 0 Å². The highest BCUT2D eigenvalue weighted by Crippen LogP contribution is 2.46. The second kappa shape index (κ2) is 5.87. The summed E-state index contributed by atoms with van der Waals surface area (Å²) < 4.78 is 0. The zero-order chi connectivity index (χ0) is 16.0. The molecule has 3 aliphatic rings. The van der Waals surface area contributed by atoms with Crippen LogP contribution in [-0.4, -0.2) is 23.5 Å². The fourth-order valence-corrected chi connectivity index (χ4v) is 4.63. The van der Waals surface area contributed by atoms with Crippen molar-refractivity contribution in [1.82, 2.24) is 15.8 Å². The van der Waals surface area contributed by atoms with Crippen LogP contribution in [0.5, 0.6) is 0 Å². The van der Waals surface area contributed by atoms with Gasteiger partial charge >= 0.3 is 0 Å². The van der Waals surface area contributed by atoms with E-state index in [4.69, 9.17) is 5.73 Å². The number of carbonyl (C=O) groups is 1. The van der Waals surface area contributed by atoms with E-state index in [-0.39, 0.29) is 17.9 Å². The van der Waals surface area contributed by atoms with E-state index in [0.29, 0.717) is 18.4 Å². The van der Waals surface area contributed by atoms with Gasteiger partial charge in [0.2, 0.25) is 5.91 Å². The molecule has 0 bridgehead atoms. The van der Waals surface area contributed by atoms with E-state index in [1.54, 1.807) is 0 Å². The Labute approximate surface area is 137 Å². The van der Waals surface area contributed by atoms with Crippen LogP contribution in [0.1, 0.15) is 60.6 Å². The molecule has 1 saturated heterocycles. The molecule has 4 unspecified atom stereocenters. The van der Waals surface area contributed by atoms with Crippen LogP contribution in [0.2, 0.25) is 0 Å². The van der Waals surface area contributed by atoms with E-state index in [1.807, 2.05) is 0 Å². The zero-order valence-electron chi connectivity index (χ0n) is 13.7. The highest BCUT2D eigenvalue weighted by atomic mass is 16.2. The first-order valence-electron chi connectivity index (χ1n) is 8.89. The monoisotopic (exact) mass is 314 g/mol. The molecule has 4 atom stereocenters. The quantitative estimate of drug-likeness (QED) is 0.794. The maximum atomic E-state index is 12.1. The largest absolute Gasteiger partial charge is 0.329 e. The van der Waals surface area contributed by atoms with Gasteiger partial charge in [-0.1, -0.05) is 0 Å². The number of rotatable bonds is 3. The van der Waals surface area contributed by atoms with Gasteiger partial charge in [-0.2, -0.15) is 0 Å². The van der Waals surface area contributed by atoms with Crippen molar-refractivity contribution in [2.75, 3.05) is 6.54 Å². The van der Waals surface area contributed by atoms with E-state index in [1.165, 1.54) is 29.5 Å². The van der Waals surface area contributed by atoms with Crippen molar-refractivity contribution >= 4 is 5.91 Å². The molecule has 1 aromatic rings. The second-order valence-corrected chi connectivity index (χ2v) is 7.47. The maximum Gasteiger partial charge on any atom is 0.237 e. The van der Waals surface area contributed by atoms with E-state index in [0.717, 1.165) is 25.2 Å². The molecular formula is C18H26N4O. The lowest BCUT2D eigenvalue weighted by Gasteiger charge is -2.43. The molecule has 4 rings (SSSR count). The van der Waals surface area contributed by atoms with Gasteiger partial charge in [0.25, 0.3) is 0 Å². The first-order chi connectivity index (χ1) is 11.2. The molecule has 2 heterocycles. The summed E-state index contributed by atoms with van der Waals surface area (Å²) in [4.78, 5) is 16.6. The number of hydrogen-bond acceptors (Lipinski definition) is 4. The lowest BCUT2D eigenvalue weighted by molar-refractivity contribution is -0.133. The Kier molecular flexibility index (Phi) is 3.85. The first kappa shape index (κ1) is 15.1. The Hall–Kier alpha value is -1.46. The lowest BCUT2D eigenvalue weighted by Crippen LogP contribution is -2.62. The van der Waals surface area contributed by atoms with Gasteiger partial charge in [0.15, 0.2) is 0 Å². The molecule has 1 amide bonds. The summed E-state index contributed by atoms with van der Waals surface area (Å²) in [6.45, 7) is 2.82. The van der Waals surface area contributed by atoms with Crippen molar-refractivity contribution in [1.29, 1.82) is 0 Å². The highest BCUT2D eigenvalue weighted by Gasteiger charge is 2.43. The SMILES string of the molecule is Cc1c(C2CC2)cncc1C1CCC2C(=O)NNC(CN)C2C1. The molecular weight excluding hydrogens is 288 g/mol. The molecule has 4 N–H and O–H groups in total. The highest BCUT2D eigenvalue weighted by molar-refractivity contribution is 5.79. The predicted octanol–water partition coefficient (Wildman–Crippen LogP) is 1.73. The molecule has 23 heavy (non-hydrogen) atoms. The number of nitrogens with zero attached hydrogens (tertiary/aromatic N) is 1. The fourth-order valence-electron chi connectivity index (χ4n) is 4.63. The molecule has 2 aliphatic carbocycles. The van der Waals surface area contributed by atoms with Crippen LogP contribution in [0.4, 0.5) is 0 Å². The minimum Gasteiger partial charge on any atom is -0.329 e. The summed E-state index contributed by atoms with van der Waals surface area (Å²) in [5.74, 6) is 1.82. The molecule has 1 aromatic heterocycles. The van der Waals surface area contributed by atoms with Crippen molar-refractivity contribution in [2.45, 2.75) is 56.9 Å². The third-order valence-corrected chi connectivity index (χ3v) is 6.14. The smallest absolute Gasteiger partial charge is 0.237 e. The molecule has 124 valence electrons. The van der Waals surface area contributed by atoms with Crippen molar-refractivity contribution < 1.29 is 4.79 Å². The number of carbonyl (C=O) groups excluding carboxylic acids is 1. The standard InChI is InChI=1S/C18H26N4O/c1-10-15(11-2-3-11)8-20-9-16(10)12-4-5-13-14(6-12)17(7-19)21-22-18(13)23/h8-9,11-14,17,21H,2-7,19H2,1H3,(H,22,23). The minimum atomic E-state index is 0.112. The van der Waals surface area contributed by atoms with Crippen LogP contribution < -0.4 is 16.6 Å². The summed E-state index contributed by atoms with van der Waals surface area (Å²) >= 11 is 0. The third kappa shape index (κ3) is 2.66. The van der Waals surface area contributed by atoms with Gasteiger partial charge in [-0.3, -0.25) is 15.2 Å². The lowest BCUT2D eigenvalue weighted by atomic mass is 9.67. The van der Waals surface area contributed by atoms with Crippen molar-refractivity contribution in [3.8, 4) is 0 Å². The number of aromatic nitrogens is 1. The van der Waals surface area contributed by atoms with Crippen LogP contribution in [0, 0.1) is 18.8 Å². The number of hydrogen-bond donors (Lipinski definition) is 3. The Morgan fingerprint density at radius 3 is 2.57 bits per heavy atom. The third-order valence-electron chi connectivity index (χ3n) is 6.14. The van der Waals surface area contributed by atoms with E-state index in [2.05, 4.69) is 35.2 Å². The number of amides is 1. The fraction of sp³-hybridized carbons (Fsp3) is 0.667. The van der Waals surface area contributed by atoms with Crippen LogP contribution in [0.15, 0.2) is 12.4 Å². The summed E-state index contributed by atoms with van der Waals surface area (Å²) in [5.41, 5.74) is 16.1. The molecule has 2 saturated carbocycles. The molecule has 0 aromatic carbocycles. The zero-order valence-corrected chi connectivity index (χ0v) is 13.7. The van der Waals surface area contributed by atoms with E-state index in [9.17, 15) is 4.79 Å². The van der Waals surface area contributed by atoms with Gasteiger partial charge in [-0.15, -0.1) is 0 Å². The average molecular weight is 314 g/mol. The number of nitrogens with two attached hydrogens (primary N) is 1. The van der Waals surface area contributed by atoms with Gasteiger partial charge in [0, 0.05) is 30.9 Å². The number of pyridine rings is 1. The second-order valence-electron chi connectivity index (χ2n) is 7.47. The first-order valence-corrected chi connectivity index (χ1v) is 8.89. The Morgan fingerprint density at radius 2 is 1.87 bits per heavy atom. The van der Waals surface area contributed by atoms with Gasteiger partial charge < -0.3 is 5.73 Å². The predicted molar refractivity (Wildman–Crippen MR) is 88.6 cm³/mol. The molecule has 0 spiro atoms. The Balaban J connectivity index is 1.59. The summed E-state index contributed by atoms with van der Waals surface area (Å²) in [5, 5.41) is 0. The minimum absolute atomic E-state index is 0.112. The number of hydrazine groups is 1. The van der Waals surface area contributed by atoms with Crippen molar-refractivity contribution in [2.24, 2.45) is 17.6 Å². The summed E-state index contributed by atoms with van der Waals surface area (Å²) in [6.07, 6.45) is 9.78. The van der Waals surface area contributed by atoms with E-state index >= 15 is 0 Å². The van der Waals surface area contributed by atoms with E-state index < -0.39 is 0 Å². The molecule has 1 aliphatic heterocycles. The molecule has 5 nitrogen and oxygen atoms in total. The normalized spacial score (nSPS) is 33.9. The van der Waals surface area contributed by atoms with Gasteiger partial charge in [0.05, 0.1) is 0 Å². The number of fused-ring (bicyclic) bond motifs is 1. The molecule has 0 radical (unpaired) electrons. The van der Waals surface area contributed by atoms with Crippen LogP contribution in [0.25, 0.3) is 0 Å². The summed E-state index contributed by atoms with van der Waals surface area (Å²) in [7, 11) is 0. The average Bonchev–Trinajstić information content (AvgIpc) is 3.40.